The number of hydrogen-bond donors (Lipinski definition) is 3. The van der Waals surface area contributed by atoms with Gasteiger partial charge in [-0.25, -0.2) is 10.9 Å². The summed E-state index contributed by atoms with van der Waals surface area (Å²) in [6.07, 6.45) is 0. The Labute approximate surface area is 92.0 Å². The normalized spacial score (nSPS) is 20.1. The molecule has 0 bridgehead atoms. The lowest BCUT2D eigenvalue weighted by atomic mass is 10.2. The van der Waals surface area contributed by atoms with E-state index in [9.17, 15) is 0 Å². The predicted octanol–water partition coefficient (Wildman–Crippen LogP) is 0.390. The lowest BCUT2D eigenvalue weighted by Gasteiger charge is -1.99. The second kappa shape index (κ2) is 4.01. The highest BCUT2D eigenvalue weighted by Gasteiger charge is 2.22. The third-order valence-corrected chi connectivity index (χ3v) is 2.41. The Morgan fingerprint density at radius 2 is 2.12 bits per heavy atom. The maximum Gasteiger partial charge on any atom is 0.246 e. The molecule has 0 radical (unpaired) electrons. The van der Waals surface area contributed by atoms with E-state index in [1.54, 1.807) is 0 Å². The van der Waals surface area contributed by atoms with Crippen molar-refractivity contribution in [2.45, 2.75) is 6.04 Å². The van der Waals surface area contributed by atoms with E-state index in [4.69, 9.17) is 4.52 Å². The van der Waals surface area contributed by atoms with Gasteiger partial charge in [0.2, 0.25) is 11.7 Å². The van der Waals surface area contributed by atoms with Gasteiger partial charge in [-0.3, -0.25) is 0 Å². The highest BCUT2D eigenvalue weighted by Crippen LogP contribution is 2.18. The molecule has 16 heavy (non-hydrogen) atoms. The topological polar surface area (TPSA) is 75.0 Å². The zero-order valence-corrected chi connectivity index (χ0v) is 8.47. The van der Waals surface area contributed by atoms with E-state index in [1.807, 2.05) is 30.3 Å². The zero-order valence-electron chi connectivity index (χ0n) is 8.47. The molecule has 2 aromatic rings. The summed E-state index contributed by atoms with van der Waals surface area (Å²) in [5.41, 5.74) is 9.66. The molecule has 1 unspecified atom stereocenters. The summed E-state index contributed by atoms with van der Waals surface area (Å²) in [6, 6.07) is 9.77. The first kappa shape index (κ1) is 9.46. The molecule has 0 saturated carbocycles. The van der Waals surface area contributed by atoms with Crippen LogP contribution >= 0.6 is 0 Å². The molecule has 6 heteroatoms. The van der Waals surface area contributed by atoms with E-state index in [-0.39, 0.29) is 6.04 Å². The molecule has 3 N–H and O–H groups in total. The Kier molecular flexibility index (Phi) is 2.37. The quantitative estimate of drug-likeness (QED) is 0.675. The molecule has 0 aliphatic carbocycles. The molecule has 1 aromatic carbocycles. The van der Waals surface area contributed by atoms with E-state index in [2.05, 4.69) is 26.5 Å². The fourth-order valence-electron chi connectivity index (χ4n) is 1.57. The molecule has 2 heterocycles. The molecule has 82 valence electrons. The van der Waals surface area contributed by atoms with Crippen LogP contribution in [0.15, 0.2) is 34.9 Å². The Balaban J connectivity index is 1.87. The number of aromatic nitrogens is 2. The Hall–Kier alpha value is -1.76. The average molecular weight is 217 g/mol. The molecule has 0 amide bonds. The Morgan fingerprint density at radius 1 is 1.25 bits per heavy atom. The van der Waals surface area contributed by atoms with Gasteiger partial charge < -0.3 is 4.52 Å². The number of nitrogens with one attached hydrogen (secondary N) is 3. The van der Waals surface area contributed by atoms with Crippen LogP contribution in [0.5, 0.6) is 0 Å². The minimum absolute atomic E-state index is 0.0185. The molecular formula is C10H11N5O. The van der Waals surface area contributed by atoms with E-state index >= 15 is 0 Å². The van der Waals surface area contributed by atoms with Crippen LogP contribution in [0.3, 0.4) is 0 Å². The SMILES string of the molecule is c1ccc(-c2noc(C3CNNN3)n2)cc1. The van der Waals surface area contributed by atoms with Crippen molar-refractivity contribution in [3.8, 4) is 11.4 Å². The van der Waals surface area contributed by atoms with Crippen molar-refractivity contribution < 1.29 is 4.52 Å². The molecular weight excluding hydrogens is 206 g/mol. The van der Waals surface area contributed by atoms with Crippen LogP contribution in [-0.4, -0.2) is 16.7 Å². The highest BCUT2D eigenvalue weighted by molar-refractivity contribution is 5.53. The van der Waals surface area contributed by atoms with Gasteiger partial charge in [0.05, 0.1) is 0 Å². The zero-order chi connectivity index (χ0) is 10.8. The number of hydrogen-bond acceptors (Lipinski definition) is 6. The van der Waals surface area contributed by atoms with E-state index in [0.29, 0.717) is 11.7 Å². The summed E-state index contributed by atoms with van der Waals surface area (Å²) in [7, 11) is 0. The van der Waals surface area contributed by atoms with Crippen molar-refractivity contribution in [1.29, 1.82) is 0 Å². The van der Waals surface area contributed by atoms with Crippen LogP contribution in [0.25, 0.3) is 11.4 Å². The van der Waals surface area contributed by atoms with Gasteiger partial charge >= 0.3 is 0 Å². The van der Waals surface area contributed by atoms with E-state index < -0.39 is 0 Å². The predicted molar refractivity (Wildman–Crippen MR) is 56.7 cm³/mol. The Morgan fingerprint density at radius 3 is 2.88 bits per heavy atom. The molecule has 1 aliphatic rings. The molecule has 1 fully saturated rings. The van der Waals surface area contributed by atoms with Crippen molar-refractivity contribution in [3.05, 3.63) is 36.2 Å². The minimum Gasteiger partial charge on any atom is -0.337 e. The van der Waals surface area contributed by atoms with Crippen LogP contribution in [0.1, 0.15) is 11.9 Å². The van der Waals surface area contributed by atoms with E-state index in [1.165, 1.54) is 0 Å². The fourth-order valence-corrected chi connectivity index (χ4v) is 1.57. The molecule has 1 saturated heterocycles. The van der Waals surface area contributed by atoms with Crippen molar-refractivity contribution >= 4 is 0 Å². The number of benzene rings is 1. The van der Waals surface area contributed by atoms with Crippen LogP contribution in [0.4, 0.5) is 0 Å². The van der Waals surface area contributed by atoms with Gasteiger partial charge in [0.1, 0.15) is 6.04 Å². The van der Waals surface area contributed by atoms with Crippen molar-refractivity contribution in [1.82, 2.24) is 26.5 Å². The first-order chi connectivity index (χ1) is 7.93. The van der Waals surface area contributed by atoms with Gasteiger partial charge in [0.15, 0.2) is 0 Å². The summed E-state index contributed by atoms with van der Waals surface area (Å²) in [5, 5.41) is 3.95. The number of rotatable bonds is 2. The van der Waals surface area contributed by atoms with Crippen molar-refractivity contribution in [3.63, 3.8) is 0 Å². The smallest absolute Gasteiger partial charge is 0.246 e. The van der Waals surface area contributed by atoms with Crippen LogP contribution in [0, 0.1) is 0 Å². The van der Waals surface area contributed by atoms with Crippen molar-refractivity contribution in [2.75, 3.05) is 6.54 Å². The summed E-state index contributed by atoms with van der Waals surface area (Å²) < 4.78 is 5.20. The maximum absolute atomic E-state index is 5.20. The summed E-state index contributed by atoms with van der Waals surface area (Å²) in [6.45, 7) is 0.719. The van der Waals surface area contributed by atoms with Crippen LogP contribution in [-0.2, 0) is 0 Å². The first-order valence-corrected chi connectivity index (χ1v) is 5.06. The molecule has 1 aromatic heterocycles. The van der Waals surface area contributed by atoms with Gasteiger partial charge in [0, 0.05) is 12.1 Å². The molecule has 0 spiro atoms. The lowest BCUT2D eigenvalue weighted by Crippen LogP contribution is -2.30. The van der Waals surface area contributed by atoms with Gasteiger partial charge in [-0.2, -0.15) is 10.5 Å². The van der Waals surface area contributed by atoms with Gasteiger partial charge in [-0.15, -0.1) is 0 Å². The third kappa shape index (κ3) is 1.69. The standard InChI is InChI=1S/C10H11N5O/c1-2-4-7(5-3-1)9-12-10(16-14-9)8-6-11-15-13-8/h1-5,8,11,13,15H,6H2. The van der Waals surface area contributed by atoms with Crippen molar-refractivity contribution in [2.24, 2.45) is 0 Å². The monoisotopic (exact) mass is 217 g/mol. The average Bonchev–Trinajstić information content (AvgIpc) is 3.01. The molecule has 6 nitrogen and oxygen atoms in total. The lowest BCUT2D eigenvalue weighted by molar-refractivity contribution is 0.345. The van der Waals surface area contributed by atoms with E-state index in [0.717, 1.165) is 12.1 Å². The third-order valence-electron chi connectivity index (χ3n) is 2.41. The largest absolute Gasteiger partial charge is 0.337 e. The molecule has 1 aliphatic heterocycles. The minimum atomic E-state index is 0.0185. The van der Waals surface area contributed by atoms with Crippen LogP contribution in [0.2, 0.25) is 0 Å². The number of hydrazine groups is 2. The summed E-state index contributed by atoms with van der Waals surface area (Å²) >= 11 is 0. The van der Waals surface area contributed by atoms with Gasteiger partial charge in [0.25, 0.3) is 0 Å². The second-order valence-corrected chi connectivity index (χ2v) is 3.53. The fraction of sp³-hybridized carbons (Fsp3) is 0.200. The van der Waals surface area contributed by atoms with Gasteiger partial charge in [-0.1, -0.05) is 35.5 Å². The number of nitrogens with zero attached hydrogens (tertiary/aromatic N) is 2. The van der Waals surface area contributed by atoms with Gasteiger partial charge in [-0.05, 0) is 0 Å². The first-order valence-electron chi connectivity index (χ1n) is 5.06. The molecule has 3 rings (SSSR count). The maximum atomic E-state index is 5.20. The molecule has 1 atom stereocenters. The second-order valence-electron chi connectivity index (χ2n) is 3.53. The summed E-state index contributed by atoms with van der Waals surface area (Å²) in [5.74, 6) is 1.20. The Bertz CT molecular complexity index is 463. The van der Waals surface area contributed by atoms with Crippen LogP contribution < -0.4 is 16.4 Å². The summed E-state index contributed by atoms with van der Waals surface area (Å²) in [4.78, 5) is 4.34. The highest BCUT2D eigenvalue weighted by atomic mass is 16.5.